The minimum Gasteiger partial charge on any atom is -0.357 e. The quantitative estimate of drug-likeness (QED) is 0.369. The van der Waals surface area contributed by atoms with Crippen LogP contribution in [0.4, 0.5) is 0 Å². The summed E-state index contributed by atoms with van der Waals surface area (Å²) in [5.41, 5.74) is 7.84. The number of fused-ring (bicyclic) bond motifs is 1. The van der Waals surface area contributed by atoms with E-state index in [0.717, 1.165) is 35.0 Å². The van der Waals surface area contributed by atoms with E-state index >= 15 is 0 Å². The summed E-state index contributed by atoms with van der Waals surface area (Å²) in [5.74, 6) is -0.589. The van der Waals surface area contributed by atoms with Crippen molar-refractivity contribution in [3.8, 4) is 0 Å². The molecule has 0 saturated carbocycles. The lowest BCUT2D eigenvalue weighted by atomic mass is 9.84. The summed E-state index contributed by atoms with van der Waals surface area (Å²) < 4.78 is 0. The highest BCUT2D eigenvalue weighted by Crippen LogP contribution is 2.36. The van der Waals surface area contributed by atoms with Crippen LogP contribution in [0.15, 0.2) is 60.4 Å². The van der Waals surface area contributed by atoms with Gasteiger partial charge in [-0.15, -0.1) is 6.58 Å². The van der Waals surface area contributed by atoms with E-state index in [1.807, 2.05) is 6.08 Å². The average molecular weight is 460 g/mol. The number of hydrogen-bond donors (Lipinski definition) is 3. The molecular formula is C29H37N3O2. The fraction of sp³-hybridized carbons (Fsp3) is 0.379. The van der Waals surface area contributed by atoms with Gasteiger partial charge in [-0.1, -0.05) is 55.9 Å². The second kappa shape index (κ2) is 9.88. The third-order valence-electron chi connectivity index (χ3n) is 6.37. The molecule has 2 amide bonds. The fourth-order valence-corrected chi connectivity index (χ4v) is 4.22. The number of H-pyrrole nitrogens is 1. The van der Waals surface area contributed by atoms with Gasteiger partial charge in [-0.05, 0) is 63.3 Å². The van der Waals surface area contributed by atoms with Crippen LogP contribution in [0.1, 0.15) is 63.9 Å². The highest BCUT2D eigenvalue weighted by molar-refractivity contribution is 6.04. The van der Waals surface area contributed by atoms with Gasteiger partial charge in [0.1, 0.15) is 6.04 Å². The van der Waals surface area contributed by atoms with Gasteiger partial charge in [0.2, 0.25) is 5.91 Å². The van der Waals surface area contributed by atoms with Gasteiger partial charge in [0.25, 0.3) is 5.91 Å². The number of piperazine rings is 1. The molecule has 3 rings (SSSR count). The Kier molecular flexibility index (Phi) is 7.35. The summed E-state index contributed by atoms with van der Waals surface area (Å²) in [4.78, 5) is 28.6. The fourth-order valence-electron chi connectivity index (χ4n) is 4.22. The third kappa shape index (κ3) is 5.41. The van der Waals surface area contributed by atoms with Crippen LogP contribution in [0.3, 0.4) is 0 Å². The number of carbonyl (C=O) groups excluding carboxylic acids is 2. The highest BCUT2D eigenvalue weighted by Gasteiger charge is 2.33. The van der Waals surface area contributed by atoms with Crippen LogP contribution in [0.2, 0.25) is 0 Å². The molecule has 0 aliphatic carbocycles. The minimum absolute atomic E-state index is 0.0832. The Bertz CT molecular complexity index is 1220. The van der Waals surface area contributed by atoms with Gasteiger partial charge in [0.15, 0.2) is 0 Å². The van der Waals surface area contributed by atoms with E-state index in [1.165, 1.54) is 22.3 Å². The molecule has 1 aliphatic heterocycles. The molecule has 5 heteroatoms. The minimum atomic E-state index is -0.668. The molecule has 1 aliphatic rings. The first kappa shape index (κ1) is 25.3. The van der Waals surface area contributed by atoms with Gasteiger partial charge in [0, 0.05) is 28.4 Å². The number of amides is 2. The van der Waals surface area contributed by atoms with Crippen molar-refractivity contribution in [1.82, 2.24) is 15.6 Å². The van der Waals surface area contributed by atoms with Crippen molar-refractivity contribution in [3.05, 3.63) is 82.7 Å². The Morgan fingerprint density at radius 3 is 2.32 bits per heavy atom. The van der Waals surface area contributed by atoms with Gasteiger partial charge in [-0.2, -0.15) is 0 Å². The molecule has 3 N–H and O–H groups in total. The van der Waals surface area contributed by atoms with Crippen LogP contribution in [-0.4, -0.2) is 22.8 Å². The van der Waals surface area contributed by atoms with Crippen molar-refractivity contribution in [2.45, 2.75) is 72.3 Å². The summed E-state index contributed by atoms with van der Waals surface area (Å²) in [5, 5.41) is 6.52. The van der Waals surface area contributed by atoms with E-state index in [9.17, 15) is 9.59 Å². The van der Waals surface area contributed by atoms with Gasteiger partial charge >= 0.3 is 0 Å². The number of carbonyl (C=O) groups is 2. The van der Waals surface area contributed by atoms with Crippen molar-refractivity contribution in [3.63, 3.8) is 0 Å². The lowest BCUT2D eigenvalue weighted by molar-refractivity contribution is -0.131. The van der Waals surface area contributed by atoms with Crippen molar-refractivity contribution >= 4 is 22.7 Å². The lowest BCUT2D eigenvalue weighted by Gasteiger charge is -2.26. The van der Waals surface area contributed by atoms with Gasteiger partial charge in [-0.3, -0.25) is 9.59 Å². The summed E-state index contributed by atoms with van der Waals surface area (Å²) >= 11 is 0. The zero-order chi connectivity index (χ0) is 25.2. The van der Waals surface area contributed by atoms with E-state index in [1.54, 1.807) is 0 Å². The molecule has 0 bridgehead atoms. The van der Waals surface area contributed by atoms with Gasteiger partial charge in [0.05, 0.1) is 5.70 Å². The number of allylic oxidation sites excluding steroid dienone is 5. The summed E-state index contributed by atoms with van der Waals surface area (Å²) in [6.45, 7) is 20.3. The normalized spacial score (nSPS) is 16.2. The maximum atomic E-state index is 12.7. The van der Waals surface area contributed by atoms with Gasteiger partial charge < -0.3 is 15.6 Å². The third-order valence-corrected chi connectivity index (χ3v) is 6.37. The monoisotopic (exact) mass is 459 g/mol. The molecule has 5 nitrogen and oxygen atoms in total. The van der Waals surface area contributed by atoms with Crippen LogP contribution < -0.4 is 10.6 Å². The Morgan fingerprint density at radius 2 is 1.71 bits per heavy atom. The Balaban J connectivity index is 2.23. The highest BCUT2D eigenvalue weighted by atomic mass is 16.2. The number of benzene rings is 1. The van der Waals surface area contributed by atoms with Crippen LogP contribution in [0.25, 0.3) is 10.9 Å². The standard InChI is InChI=1S/C29H37N3O2/c1-9-29(7,8)26-23(16-24-28(34)30-19(6)27(33)31-24)22-15-20(12-10-17(2)3)14-21(25(22)32-26)13-11-18(4)5/h9-11,14-15,24,32H,1,6,12-13,16H2,2-5,7-8H3,(H,30,34)(H,31,33)/t24-/m0/s1. The molecule has 34 heavy (non-hydrogen) atoms. The van der Waals surface area contributed by atoms with Crippen LogP contribution in [0, 0.1) is 0 Å². The predicted molar refractivity (Wildman–Crippen MR) is 141 cm³/mol. The SMILES string of the molecule is C=CC(C)(C)c1[nH]c2c(CC=C(C)C)cc(CC=C(C)C)cc2c1C[C@@H]1NC(=O)C(=C)NC1=O. The first-order valence-electron chi connectivity index (χ1n) is 11.8. The molecule has 1 aromatic carbocycles. The average Bonchev–Trinajstić information content (AvgIpc) is 3.13. The number of hydrogen-bond acceptors (Lipinski definition) is 2. The second-order valence-corrected chi connectivity index (χ2v) is 10.3. The largest absolute Gasteiger partial charge is 0.357 e. The molecule has 2 aromatic rings. The van der Waals surface area contributed by atoms with Crippen LogP contribution in [-0.2, 0) is 34.3 Å². The molecule has 1 aromatic heterocycles. The summed E-state index contributed by atoms with van der Waals surface area (Å²) in [6, 6.07) is 3.82. The zero-order valence-corrected chi connectivity index (χ0v) is 21.3. The maximum absolute atomic E-state index is 12.7. The van der Waals surface area contributed by atoms with E-state index in [2.05, 4.69) is 94.6 Å². The van der Waals surface area contributed by atoms with Gasteiger partial charge in [-0.25, -0.2) is 0 Å². The number of rotatable bonds is 8. The smallest absolute Gasteiger partial charge is 0.267 e. The van der Waals surface area contributed by atoms with Crippen molar-refractivity contribution < 1.29 is 9.59 Å². The Hall–Kier alpha value is -3.34. The molecular weight excluding hydrogens is 422 g/mol. The molecule has 2 heterocycles. The molecule has 0 radical (unpaired) electrons. The van der Waals surface area contributed by atoms with E-state index in [-0.39, 0.29) is 22.9 Å². The summed E-state index contributed by atoms with van der Waals surface area (Å²) in [7, 11) is 0. The number of nitrogens with one attached hydrogen (secondary N) is 3. The topological polar surface area (TPSA) is 74.0 Å². The van der Waals surface area contributed by atoms with Crippen LogP contribution >= 0.6 is 0 Å². The Labute approximate surface area is 203 Å². The molecule has 1 atom stereocenters. The first-order valence-corrected chi connectivity index (χ1v) is 11.8. The Morgan fingerprint density at radius 1 is 1.06 bits per heavy atom. The molecule has 1 saturated heterocycles. The lowest BCUT2D eigenvalue weighted by Crippen LogP contribution is -2.55. The molecule has 180 valence electrons. The molecule has 1 fully saturated rings. The molecule has 0 unspecified atom stereocenters. The predicted octanol–water partition coefficient (Wildman–Crippen LogP) is 5.32. The summed E-state index contributed by atoms with van der Waals surface area (Å²) in [6.07, 6.45) is 8.42. The first-order chi connectivity index (χ1) is 15.9. The van der Waals surface area contributed by atoms with Crippen molar-refractivity contribution in [2.24, 2.45) is 0 Å². The van der Waals surface area contributed by atoms with E-state index in [4.69, 9.17) is 0 Å². The number of aromatic nitrogens is 1. The van der Waals surface area contributed by atoms with Crippen molar-refractivity contribution in [1.29, 1.82) is 0 Å². The maximum Gasteiger partial charge on any atom is 0.267 e. The number of aromatic amines is 1. The zero-order valence-electron chi connectivity index (χ0n) is 21.3. The second-order valence-electron chi connectivity index (χ2n) is 10.3. The van der Waals surface area contributed by atoms with Crippen molar-refractivity contribution in [2.75, 3.05) is 0 Å². The van der Waals surface area contributed by atoms with Crippen LogP contribution in [0.5, 0.6) is 0 Å². The van der Waals surface area contributed by atoms with E-state index < -0.39 is 6.04 Å². The van der Waals surface area contributed by atoms with E-state index in [0.29, 0.717) is 6.42 Å². The molecule has 0 spiro atoms.